The number of nitrogens with one attached hydrogen (secondary N) is 2. The zero-order valence-corrected chi connectivity index (χ0v) is 15.0. The third kappa shape index (κ3) is 3.06. The summed E-state index contributed by atoms with van der Waals surface area (Å²) in [5.74, 6) is 1.12. The summed E-state index contributed by atoms with van der Waals surface area (Å²) in [6, 6.07) is 3.15. The summed E-state index contributed by atoms with van der Waals surface area (Å²) in [5.41, 5.74) is -0.721. The number of benzene rings is 1. The number of halogens is 1. The first-order chi connectivity index (χ1) is 12.3. The van der Waals surface area contributed by atoms with Crippen LogP contribution in [0.3, 0.4) is 0 Å². The number of nitro groups is 1. The molecule has 1 aromatic rings. The maximum Gasteiger partial charge on any atom is 0.271 e. The van der Waals surface area contributed by atoms with Crippen molar-refractivity contribution >= 4 is 34.6 Å². The fourth-order valence-corrected chi connectivity index (χ4v) is 5.70. The minimum atomic E-state index is -0.665. The largest absolute Gasteiger partial charge is 0.330 e. The molecule has 5 rings (SSSR count). The number of anilines is 1. The van der Waals surface area contributed by atoms with Crippen LogP contribution in [0.2, 0.25) is 0 Å². The van der Waals surface area contributed by atoms with E-state index in [2.05, 4.69) is 10.6 Å². The Morgan fingerprint density at radius 2 is 1.77 bits per heavy atom. The Kier molecular flexibility index (Phi) is 4.17. The van der Waals surface area contributed by atoms with Crippen LogP contribution in [-0.4, -0.2) is 15.9 Å². The predicted octanol–water partition coefficient (Wildman–Crippen LogP) is 3.76. The number of nitrogens with zero attached hydrogens (tertiary/aromatic N) is 1. The van der Waals surface area contributed by atoms with Crippen molar-refractivity contribution in [1.82, 2.24) is 5.32 Å². The smallest absolute Gasteiger partial charge is 0.271 e. The molecule has 0 aliphatic heterocycles. The van der Waals surface area contributed by atoms with E-state index >= 15 is 0 Å². The number of amides is 1. The van der Waals surface area contributed by atoms with Crippen LogP contribution in [-0.2, 0) is 4.79 Å². The number of carbonyl (C=O) groups excluding carboxylic acids is 1. The lowest BCUT2D eigenvalue weighted by Gasteiger charge is -2.55. The maximum absolute atomic E-state index is 13.9. The van der Waals surface area contributed by atoms with E-state index in [-0.39, 0.29) is 27.8 Å². The van der Waals surface area contributed by atoms with Gasteiger partial charge in [-0.3, -0.25) is 14.9 Å². The van der Waals surface area contributed by atoms with Crippen LogP contribution < -0.4 is 10.6 Å². The normalized spacial score (nSPS) is 31.5. The molecule has 6 nitrogen and oxygen atoms in total. The summed E-state index contributed by atoms with van der Waals surface area (Å²) in [6.07, 6.45) is 6.40. The zero-order chi connectivity index (χ0) is 18.5. The van der Waals surface area contributed by atoms with Crippen molar-refractivity contribution in [3.8, 4) is 0 Å². The molecule has 0 spiro atoms. The molecule has 0 atom stereocenters. The standard InChI is InChI=1S/C18H20FN3O3S/c19-14-2-1-13(22(24)25)6-15(14)20-17(26)21-16(23)18-7-10-3-11(8-18)5-12(4-10)9-18/h1-2,6,10-12H,3-5,7-9H2,(H2,20,21,23,26). The van der Waals surface area contributed by atoms with Gasteiger partial charge < -0.3 is 10.6 Å². The third-order valence-electron chi connectivity index (χ3n) is 6.16. The van der Waals surface area contributed by atoms with Gasteiger partial charge in [-0.1, -0.05) is 0 Å². The SMILES string of the molecule is O=C(NC(=S)Nc1cc([N+](=O)[O-])ccc1F)C12CC3CC(CC(C3)C1)C2. The van der Waals surface area contributed by atoms with Gasteiger partial charge in [0.1, 0.15) is 5.82 Å². The first-order valence-electron chi connectivity index (χ1n) is 8.91. The molecule has 1 amide bonds. The monoisotopic (exact) mass is 377 g/mol. The van der Waals surface area contributed by atoms with Crippen LogP contribution >= 0.6 is 12.2 Å². The topological polar surface area (TPSA) is 84.3 Å². The molecule has 8 heteroatoms. The van der Waals surface area contributed by atoms with Gasteiger partial charge >= 0.3 is 0 Å². The van der Waals surface area contributed by atoms with E-state index in [9.17, 15) is 19.3 Å². The predicted molar refractivity (Wildman–Crippen MR) is 98.0 cm³/mol. The molecule has 26 heavy (non-hydrogen) atoms. The molecule has 4 aliphatic carbocycles. The molecule has 138 valence electrons. The molecule has 4 fully saturated rings. The molecule has 0 aromatic heterocycles. The summed E-state index contributed by atoms with van der Waals surface area (Å²) in [6.45, 7) is 0. The van der Waals surface area contributed by atoms with E-state index in [1.54, 1.807) is 0 Å². The fourth-order valence-electron chi connectivity index (χ4n) is 5.50. The van der Waals surface area contributed by atoms with Gasteiger partial charge in [-0.2, -0.15) is 0 Å². The molecule has 1 aromatic carbocycles. The lowest BCUT2D eigenvalue weighted by molar-refractivity contribution is -0.384. The molecule has 2 N–H and O–H groups in total. The minimum Gasteiger partial charge on any atom is -0.330 e. The van der Waals surface area contributed by atoms with Gasteiger partial charge in [0, 0.05) is 12.1 Å². The fraction of sp³-hybridized carbons (Fsp3) is 0.556. The Morgan fingerprint density at radius 3 is 2.31 bits per heavy atom. The van der Waals surface area contributed by atoms with Crippen molar-refractivity contribution in [3.63, 3.8) is 0 Å². The lowest BCUT2D eigenvalue weighted by Crippen LogP contribution is -2.55. The number of nitro benzene ring substituents is 1. The molecule has 0 saturated heterocycles. The second-order valence-corrected chi connectivity index (χ2v) is 8.44. The van der Waals surface area contributed by atoms with Gasteiger partial charge in [-0.15, -0.1) is 0 Å². The van der Waals surface area contributed by atoms with Crippen LogP contribution in [0, 0.1) is 39.1 Å². The summed E-state index contributed by atoms with van der Waals surface area (Å²) >= 11 is 5.16. The molecule has 4 aliphatic rings. The quantitative estimate of drug-likeness (QED) is 0.476. The van der Waals surface area contributed by atoms with Crippen LogP contribution in [0.15, 0.2) is 18.2 Å². The van der Waals surface area contributed by atoms with Crippen LogP contribution in [0.25, 0.3) is 0 Å². The highest BCUT2D eigenvalue weighted by Crippen LogP contribution is 2.60. The Bertz CT molecular complexity index is 763. The average molecular weight is 377 g/mol. The van der Waals surface area contributed by atoms with Crippen molar-refractivity contribution in [1.29, 1.82) is 0 Å². The summed E-state index contributed by atoms with van der Waals surface area (Å²) < 4.78 is 13.9. The Morgan fingerprint density at radius 1 is 1.19 bits per heavy atom. The number of hydrogen-bond acceptors (Lipinski definition) is 4. The van der Waals surface area contributed by atoms with Crippen LogP contribution in [0.5, 0.6) is 0 Å². The summed E-state index contributed by atoms with van der Waals surface area (Å²) in [5, 5.41) is 16.1. The molecular formula is C18H20FN3O3S. The first kappa shape index (κ1) is 17.3. The van der Waals surface area contributed by atoms with Gasteiger partial charge in [0.05, 0.1) is 16.0 Å². The van der Waals surface area contributed by atoms with Gasteiger partial charge in [0.15, 0.2) is 5.11 Å². The second kappa shape index (κ2) is 6.26. The second-order valence-electron chi connectivity index (χ2n) is 8.03. The van der Waals surface area contributed by atoms with Crippen LogP contribution in [0.4, 0.5) is 15.8 Å². The molecule has 4 saturated carbocycles. The Balaban J connectivity index is 1.45. The van der Waals surface area contributed by atoms with Crippen LogP contribution in [0.1, 0.15) is 38.5 Å². The molecule has 0 radical (unpaired) electrons. The highest BCUT2D eigenvalue weighted by Gasteiger charge is 2.54. The van der Waals surface area contributed by atoms with E-state index < -0.39 is 10.7 Å². The highest BCUT2D eigenvalue weighted by atomic mass is 32.1. The van der Waals surface area contributed by atoms with Crippen molar-refractivity contribution < 1.29 is 14.1 Å². The Hall–Kier alpha value is -2.09. The van der Waals surface area contributed by atoms with Crippen molar-refractivity contribution in [3.05, 3.63) is 34.1 Å². The maximum atomic E-state index is 13.9. The van der Waals surface area contributed by atoms with Gasteiger partial charge in [-0.25, -0.2) is 4.39 Å². The molecule has 0 heterocycles. The number of non-ortho nitro benzene ring substituents is 1. The molecular weight excluding hydrogens is 357 g/mol. The minimum absolute atomic E-state index is 0.0230. The zero-order valence-electron chi connectivity index (χ0n) is 14.2. The lowest BCUT2D eigenvalue weighted by atomic mass is 9.49. The van der Waals surface area contributed by atoms with Gasteiger partial charge in [0.25, 0.3) is 5.69 Å². The number of rotatable bonds is 3. The van der Waals surface area contributed by atoms with E-state index in [0.717, 1.165) is 37.5 Å². The van der Waals surface area contributed by atoms with E-state index in [1.165, 1.54) is 19.3 Å². The van der Waals surface area contributed by atoms with Crippen molar-refractivity contribution in [2.75, 3.05) is 5.32 Å². The van der Waals surface area contributed by atoms with Crippen molar-refractivity contribution in [2.24, 2.45) is 23.2 Å². The third-order valence-corrected chi connectivity index (χ3v) is 6.36. The summed E-state index contributed by atoms with van der Waals surface area (Å²) in [7, 11) is 0. The highest BCUT2D eigenvalue weighted by molar-refractivity contribution is 7.80. The molecule has 0 unspecified atom stereocenters. The van der Waals surface area contributed by atoms with Gasteiger partial charge in [0.2, 0.25) is 5.91 Å². The van der Waals surface area contributed by atoms with E-state index in [0.29, 0.717) is 17.8 Å². The number of carbonyl (C=O) groups is 1. The van der Waals surface area contributed by atoms with E-state index in [4.69, 9.17) is 12.2 Å². The van der Waals surface area contributed by atoms with E-state index in [1.807, 2.05) is 0 Å². The summed E-state index contributed by atoms with van der Waals surface area (Å²) in [4.78, 5) is 23.1. The van der Waals surface area contributed by atoms with Crippen molar-refractivity contribution in [2.45, 2.75) is 38.5 Å². The average Bonchev–Trinajstić information content (AvgIpc) is 2.55. The number of thiocarbonyl (C=S) groups is 1. The Labute approximate surface area is 155 Å². The molecule has 4 bridgehead atoms. The van der Waals surface area contributed by atoms with Gasteiger partial charge in [-0.05, 0) is 74.6 Å². The number of hydrogen-bond donors (Lipinski definition) is 2. The first-order valence-corrected chi connectivity index (χ1v) is 9.32.